The van der Waals surface area contributed by atoms with Crippen molar-refractivity contribution in [3.05, 3.63) is 107 Å². The summed E-state index contributed by atoms with van der Waals surface area (Å²) in [6.45, 7) is 2.10. The van der Waals surface area contributed by atoms with Gasteiger partial charge in [0.15, 0.2) is 0 Å². The molecule has 0 bridgehead atoms. The fourth-order valence-electron chi connectivity index (χ4n) is 4.93. The molecule has 0 spiro atoms. The molecule has 2 amide bonds. The van der Waals surface area contributed by atoms with Gasteiger partial charge in [-0.25, -0.2) is 4.39 Å². The second-order valence-electron chi connectivity index (χ2n) is 10.1. The molecule has 4 rings (SSSR count). The summed E-state index contributed by atoms with van der Waals surface area (Å²) < 4.78 is 14.7. The number of benzene rings is 3. The van der Waals surface area contributed by atoms with E-state index in [0.29, 0.717) is 17.7 Å². The maximum Gasteiger partial charge on any atom is 0.243 e. The standard InChI is InChI=1S/C32H37FN2O2S/c1-24-16-18-26(19-17-24)22-38-23-31(36)35(21-27-12-8-9-15-29(27)33)30(20-25-10-4-2-5-11-25)32(37)34-28-13-6-3-7-14-28/h2,4-5,8-12,15-19,28,30H,3,6-7,13-14,20-23H2,1H3,(H,34,37). The van der Waals surface area contributed by atoms with Crippen LogP contribution in [0.15, 0.2) is 78.9 Å². The van der Waals surface area contributed by atoms with Crippen molar-refractivity contribution in [2.75, 3.05) is 5.75 Å². The number of carbonyl (C=O) groups excluding carboxylic acids is 2. The molecule has 0 heterocycles. The van der Waals surface area contributed by atoms with Gasteiger partial charge in [-0.2, -0.15) is 0 Å². The zero-order valence-electron chi connectivity index (χ0n) is 22.1. The Kier molecular flexibility index (Phi) is 10.4. The number of nitrogens with one attached hydrogen (secondary N) is 1. The van der Waals surface area contributed by atoms with Crippen molar-refractivity contribution in [3.63, 3.8) is 0 Å². The number of rotatable bonds is 11. The number of halogens is 1. The van der Waals surface area contributed by atoms with Crippen molar-refractivity contribution in [2.24, 2.45) is 0 Å². The van der Waals surface area contributed by atoms with E-state index < -0.39 is 6.04 Å². The molecule has 1 aliphatic rings. The summed E-state index contributed by atoms with van der Waals surface area (Å²) in [5.74, 6) is 0.212. The van der Waals surface area contributed by atoms with Crippen LogP contribution in [0, 0.1) is 12.7 Å². The smallest absolute Gasteiger partial charge is 0.243 e. The first-order valence-electron chi connectivity index (χ1n) is 13.5. The Morgan fingerprint density at radius 3 is 2.32 bits per heavy atom. The van der Waals surface area contributed by atoms with Crippen LogP contribution in [-0.4, -0.2) is 34.6 Å². The van der Waals surface area contributed by atoms with Gasteiger partial charge in [0.25, 0.3) is 0 Å². The molecule has 38 heavy (non-hydrogen) atoms. The third-order valence-electron chi connectivity index (χ3n) is 7.14. The molecule has 1 unspecified atom stereocenters. The normalized spacial score (nSPS) is 14.6. The summed E-state index contributed by atoms with van der Waals surface area (Å²) in [6.07, 6.45) is 5.68. The average Bonchev–Trinajstić information content (AvgIpc) is 2.93. The summed E-state index contributed by atoms with van der Waals surface area (Å²) in [4.78, 5) is 29.1. The molecule has 1 fully saturated rings. The zero-order chi connectivity index (χ0) is 26.7. The molecular weight excluding hydrogens is 495 g/mol. The van der Waals surface area contributed by atoms with Crippen molar-refractivity contribution in [1.29, 1.82) is 0 Å². The molecule has 1 aliphatic carbocycles. The van der Waals surface area contributed by atoms with Gasteiger partial charge in [0, 0.05) is 30.3 Å². The summed E-state index contributed by atoms with van der Waals surface area (Å²) in [7, 11) is 0. The molecule has 4 nitrogen and oxygen atoms in total. The molecule has 1 atom stereocenters. The molecular formula is C32H37FN2O2S. The summed E-state index contributed by atoms with van der Waals surface area (Å²) in [5.41, 5.74) is 3.71. The summed E-state index contributed by atoms with van der Waals surface area (Å²) in [6, 6.07) is 23.9. The molecule has 1 N–H and O–H groups in total. The number of hydrogen-bond donors (Lipinski definition) is 1. The first-order valence-corrected chi connectivity index (χ1v) is 14.7. The van der Waals surface area contributed by atoms with E-state index >= 15 is 0 Å². The predicted molar refractivity (Wildman–Crippen MR) is 153 cm³/mol. The Morgan fingerprint density at radius 2 is 1.61 bits per heavy atom. The number of amides is 2. The zero-order valence-corrected chi connectivity index (χ0v) is 22.9. The van der Waals surface area contributed by atoms with Crippen molar-refractivity contribution in [2.45, 2.75) is 69.8 Å². The molecule has 3 aromatic rings. The van der Waals surface area contributed by atoms with Crippen LogP contribution in [-0.2, 0) is 28.3 Å². The SMILES string of the molecule is Cc1ccc(CSCC(=O)N(Cc2ccccc2F)C(Cc2ccccc2)C(=O)NC2CCCCC2)cc1. The second kappa shape index (κ2) is 14.1. The van der Waals surface area contributed by atoms with E-state index in [2.05, 4.69) is 29.6 Å². The van der Waals surface area contributed by atoms with E-state index in [9.17, 15) is 14.0 Å². The number of aryl methyl sites for hydroxylation is 1. The lowest BCUT2D eigenvalue weighted by Crippen LogP contribution is -2.53. The average molecular weight is 533 g/mol. The van der Waals surface area contributed by atoms with Gasteiger partial charge in [-0.05, 0) is 37.0 Å². The Morgan fingerprint density at radius 1 is 0.921 bits per heavy atom. The highest BCUT2D eigenvalue weighted by molar-refractivity contribution is 7.99. The lowest BCUT2D eigenvalue weighted by atomic mass is 9.94. The van der Waals surface area contributed by atoms with Crippen LogP contribution in [0.2, 0.25) is 0 Å². The van der Waals surface area contributed by atoms with Gasteiger partial charge in [-0.3, -0.25) is 9.59 Å². The molecule has 200 valence electrons. The second-order valence-corrected chi connectivity index (χ2v) is 11.1. The topological polar surface area (TPSA) is 49.4 Å². The van der Waals surface area contributed by atoms with E-state index in [0.717, 1.165) is 36.8 Å². The van der Waals surface area contributed by atoms with E-state index in [1.807, 2.05) is 37.3 Å². The first kappa shape index (κ1) is 27.9. The van der Waals surface area contributed by atoms with Gasteiger partial charge in [-0.1, -0.05) is 97.6 Å². The third-order valence-corrected chi connectivity index (χ3v) is 8.12. The fourth-order valence-corrected chi connectivity index (χ4v) is 5.80. The molecule has 0 aliphatic heterocycles. The minimum atomic E-state index is -0.730. The van der Waals surface area contributed by atoms with Crippen LogP contribution >= 0.6 is 11.8 Å². The van der Waals surface area contributed by atoms with Crippen molar-refractivity contribution in [1.82, 2.24) is 10.2 Å². The molecule has 1 saturated carbocycles. The lowest BCUT2D eigenvalue weighted by Gasteiger charge is -2.33. The third kappa shape index (κ3) is 8.19. The van der Waals surface area contributed by atoms with Gasteiger partial charge in [0.05, 0.1) is 5.75 Å². The lowest BCUT2D eigenvalue weighted by molar-refractivity contribution is -0.139. The van der Waals surface area contributed by atoms with E-state index in [-0.39, 0.29) is 36.0 Å². The molecule has 0 aromatic heterocycles. The van der Waals surface area contributed by atoms with Gasteiger partial charge in [-0.15, -0.1) is 11.8 Å². The van der Waals surface area contributed by atoms with Crippen LogP contribution in [0.1, 0.15) is 54.4 Å². The number of hydrogen-bond acceptors (Lipinski definition) is 3. The quantitative estimate of drug-likeness (QED) is 0.309. The monoisotopic (exact) mass is 532 g/mol. The molecule has 0 radical (unpaired) electrons. The number of thioether (sulfide) groups is 1. The van der Waals surface area contributed by atoms with Gasteiger partial charge in [0.1, 0.15) is 11.9 Å². The van der Waals surface area contributed by atoms with Crippen LogP contribution < -0.4 is 5.32 Å². The number of carbonyl (C=O) groups is 2. The van der Waals surface area contributed by atoms with Crippen LogP contribution in [0.4, 0.5) is 4.39 Å². The molecule has 6 heteroatoms. The van der Waals surface area contributed by atoms with Gasteiger partial charge in [0.2, 0.25) is 11.8 Å². The van der Waals surface area contributed by atoms with Crippen molar-refractivity contribution < 1.29 is 14.0 Å². The Bertz CT molecular complexity index is 1180. The van der Waals surface area contributed by atoms with E-state index in [1.54, 1.807) is 23.1 Å². The first-order chi connectivity index (χ1) is 18.5. The Labute approximate surface area is 230 Å². The van der Waals surface area contributed by atoms with E-state index in [1.165, 1.54) is 29.8 Å². The fraction of sp³-hybridized carbons (Fsp3) is 0.375. The Hall–Kier alpha value is -3.12. The predicted octanol–water partition coefficient (Wildman–Crippen LogP) is 6.46. The minimum Gasteiger partial charge on any atom is -0.352 e. The summed E-state index contributed by atoms with van der Waals surface area (Å²) in [5, 5.41) is 3.23. The van der Waals surface area contributed by atoms with Crippen LogP contribution in [0.5, 0.6) is 0 Å². The molecule has 3 aromatic carbocycles. The van der Waals surface area contributed by atoms with Crippen LogP contribution in [0.25, 0.3) is 0 Å². The number of nitrogens with zero attached hydrogens (tertiary/aromatic N) is 1. The van der Waals surface area contributed by atoms with Crippen molar-refractivity contribution in [3.8, 4) is 0 Å². The highest BCUT2D eigenvalue weighted by Crippen LogP contribution is 2.22. The van der Waals surface area contributed by atoms with Gasteiger partial charge < -0.3 is 10.2 Å². The highest BCUT2D eigenvalue weighted by atomic mass is 32.2. The van der Waals surface area contributed by atoms with E-state index in [4.69, 9.17) is 0 Å². The molecule has 0 saturated heterocycles. The highest BCUT2D eigenvalue weighted by Gasteiger charge is 2.32. The summed E-state index contributed by atoms with van der Waals surface area (Å²) >= 11 is 1.52. The van der Waals surface area contributed by atoms with Crippen molar-refractivity contribution >= 4 is 23.6 Å². The minimum absolute atomic E-state index is 0.0478. The largest absolute Gasteiger partial charge is 0.352 e. The van der Waals surface area contributed by atoms with Crippen LogP contribution in [0.3, 0.4) is 0 Å². The maximum absolute atomic E-state index is 14.7. The maximum atomic E-state index is 14.7. The van der Waals surface area contributed by atoms with Gasteiger partial charge >= 0.3 is 0 Å². The Balaban J connectivity index is 1.56.